The highest BCUT2D eigenvalue weighted by Crippen LogP contribution is 2.20. The summed E-state index contributed by atoms with van der Waals surface area (Å²) in [6.45, 7) is 6.91. The summed E-state index contributed by atoms with van der Waals surface area (Å²) in [5, 5.41) is 0. The summed E-state index contributed by atoms with van der Waals surface area (Å²) in [5.41, 5.74) is 1.23. The number of rotatable bonds is 5. The lowest BCUT2D eigenvalue weighted by Gasteiger charge is -2.18. The second-order valence-electron chi connectivity index (χ2n) is 4.27. The Morgan fingerprint density at radius 2 is 1.94 bits per heavy atom. The molecule has 3 nitrogen and oxygen atoms in total. The van der Waals surface area contributed by atoms with Crippen molar-refractivity contribution in [1.82, 2.24) is 4.98 Å². The molecule has 0 spiro atoms. The van der Waals surface area contributed by atoms with Crippen LogP contribution in [0.4, 0.5) is 0 Å². The minimum atomic E-state index is 0.795. The van der Waals surface area contributed by atoms with Crippen LogP contribution in [0, 0.1) is 11.8 Å². The van der Waals surface area contributed by atoms with Gasteiger partial charge in [0, 0.05) is 11.9 Å². The van der Waals surface area contributed by atoms with E-state index in [0.29, 0.717) is 0 Å². The maximum absolute atomic E-state index is 4.34. The van der Waals surface area contributed by atoms with Crippen molar-refractivity contribution in [2.45, 2.75) is 40.0 Å². The van der Waals surface area contributed by atoms with Crippen molar-refractivity contribution in [3.05, 3.63) is 30.1 Å². The third-order valence-corrected chi connectivity index (χ3v) is 2.96. The number of aryl methyl sites for hydroxylation is 1. The summed E-state index contributed by atoms with van der Waals surface area (Å²) in [6, 6.07) is 6.16. The van der Waals surface area contributed by atoms with E-state index in [4.69, 9.17) is 0 Å². The molecule has 0 amide bonds. The van der Waals surface area contributed by atoms with Crippen molar-refractivity contribution in [3.8, 4) is 0 Å². The summed E-state index contributed by atoms with van der Waals surface area (Å²) in [6.07, 6.45) is 5.55. The van der Waals surface area contributed by atoms with Crippen LogP contribution in [-0.4, -0.2) is 4.98 Å². The molecule has 0 fully saturated rings. The maximum atomic E-state index is 4.34. The minimum Gasteiger partial charge on any atom is -0.274 e. The van der Waals surface area contributed by atoms with Crippen LogP contribution in [-0.2, 0) is 6.42 Å². The van der Waals surface area contributed by atoms with Gasteiger partial charge in [0.2, 0.25) is 0 Å². The Balaban J connectivity index is 0.00000106. The third kappa shape index (κ3) is 5.83. The maximum Gasteiger partial charge on any atom is 0.0403 e. The van der Waals surface area contributed by atoms with Gasteiger partial charge in [0.25, 0.3) is 0 Å². The number of nitrogens with zero attached hydrogens (tertiary/aromatic N) is 1. The number of hydrogen-bond donors (Lipinski definition) is 2. The molecule has 1 aromatic heterocycles. The number of hydrazine groups is 1. The van der Waals surface area contributed by atoms with Crippen molar-refractivity contribution in [3.63, 3.8) is 0 Å². The number of aromatic nitrogens is 1. The topological polar surface area (TPSA) is 64.9 Å². The van der Waals surface area contributed by atoms with Crippen molar-refractivity contribution >= 4 is 0 Å². The standard InChI is InChI=1S/C13H21N.H4N2/c1-4-12(11(2)3)8-9-13-7-5-6-10-14-13;1-2/h5-7,10-12H,4,8-9H2,1-3H3;1-2H2. The Hall–Kier alpha value is -0.930. The average molecular weight is 223 g/mol. The van der Waals surface area contributed by atoms with Gasteiger partial charge in [-0.1, -0.05) is 33.3 Å². The van der Waals surface area contributed by atoms with E-state index in [9.17, 15) is 0 Å². The molecular formula is C13H25N3. The number of nitrogens with two attached hydrogens (primary N) is 2. The predicted octanol–water partition coefficient (Wildman–Crippen LogP) is 2.52. The lowest BCUT2D eigenvalue weighted by Crippen LogP contribution is -2.08. The van der Waals surface area contributed by atoms with Crippen LogP contribution in [0.1, 0.15) is 39.3 Å². The van der Waals surface area contributed by atoms with Gasteiger partial charge < -0.3 is 0 Å². The molecule has 0 saturated carbocycles. The summed E-state index contributed by atoms with van der Waals surface area (Å²) >= 11 is 0. The van der Waals surface area contributed by atoms with Gasteiger partial charge in [-0.05, 0) is 36.8 Å². The Labute approximate surface area is 99.2 Å². The second-order valence-corrected chi connectivity index (χ2v) is 4.27. The molecule has 0 saturated heterocycles. The molecule has 0 aromatic carbocycles. The fourth-order valence-corrected chi connectivity index (χ4v) is 1.89. The highest BCUT2D eigenvalue weighted by molar-refractivity contribution is 5.03. The Bertz CT molecular complexity index is 247. The van der Waals surface area contributed by atoms with Crippen molar-refractivity contribution in [1.29, 1.82) is 0 Å². The molecule has 0 aliphatic heterocycles. The van der Waals surface area contributed by atoms with Gasteiger partial charge in [-0.2, -0.15) is 0 Å². The minimum absolute atomic E-state index is 0.795. The van der Waals surface area contributed by atoms with E-state index in [2.05, 4.69) is 49.6 Å². The first-order chi connectivity index (χ1) is 7.74. The molecular weight excluding hydrogens is 198 g/mol. The third-order valence-electron chi connectivity index (χ3n) is 2.96. The largest absolute Gasteiger partial charge is 0.274 e. The first-order valence-electron chi connectivity index (χ1n) is 5.97. The van der Waals surface area contributed by atoms with Gasteiger partial charge in [-0.3, -0.25) is 16.7 Å². The molecule has 1 rings (SSSR count). The van der Waals surface area contributed by atoms with Gasteiger partial charge in [-0.15, -0.1) is 0 Å². The molecule has 1 unspecified atom stereocenters. The van der Waals surface area contributed by atoms with Crippen LogP contribution in [0.25, 0.3) is 0 Å². The SMILES string of the molecule is CCC(CCc1ccccn1)C(C)C.NN. The molecule has 0 radical (unpaired) electrons. The van der Waals surface area contributed by atoms with Gasteiger partial charge in [-0.25, -0.2) is 0 Å². The molecule has 0 bridgehead atoms. The first-order valence-corrected chi connectivity index (χ1v) is 5.97. The first kappa shape index (κ1) is 15.1. The van der Waals surface area contributed by atoms with Crippen LogP contribution < -0.4 is 11.7 Å². The summed E-state index contributed by atoms with van der Waals surface area (Å²) < 4.78 is 0. The summed E-state index contributed by atoms with van der Waals surface area (Å²) in [4.78, 5) is 4.34. The van der Waals surface area contributed by atoms with Gasteiger partial charge in [0.05, 0.1) is 0 Å². The lowest BCUT2D eigenvalue weighted by atomic mass is 9.88. The molecule has 4 N–H and O–H groups in total. The molecule has 1 heterocycles. The molecule has 0 aliphatic rings. The molecule has 3 heteroatoms. The summed E-state index contributed by atoms with van der Waals surface area (Å²) in [7, 11) is 0. The lowest BCUT2D eigenvalue weighted by molar-refractivity contribution is 0.348. The zero-order chi connectivity index (χ0) is 12.4. The highest BCUT2D eigenvalue weighted by atomic mass is 15.0. The van der Waals surface area contributed by atoms with Crippen LogP contribution in [0.15, 0.2) is 24.4 Å². The Morgan fingerprint density at radius 3 is 2.38 bits per heavy atom. The highest BCUT2D eigenvalue weighted by Gasteiger charge is 2.10. The molecule has 92 valence electrons. The monoisotopic (exact) mass is 223 g/mol. The van der Waals surface area contributed by atoms with Crippen molar-refractivity contribution in [2.24, 2.45) is 23.5 Å². The number of hydrogen-bond acceptors (Lipinski definition) is 3. The van der Waals surface area contributed by atoms with Gasteiger partial charge >= 0.3 is 0 Å². The van der Waals surface area contributed by atoms with Crippen LogP contribution in [0.3, 0.4) is 0 Å². The van der Waals surface area contributed by atoms with E-state index in [-0.39, 0.29) is 0 Å². The fraction of sp³-hybridized carbons (Fsp3) is 0.615. The molecule has 0 aliphatic carbocycles. The fourth-order valence-electron chi connectivity index (χ4n) is 1.89. The number of pyridine rings is 1. The zero-order valence-electron chi connectivity index (χ0n) is 10.7. The second kappa shape index (κ2) is 9.31. The smallest absolute Gasteiger partial charge is 0.0403 e. The molecule has 1 atom stereocenters. The van der Waals surface area contributed by atoms with E-state index < -0.39 is 0 Å². The normalized spacial score (nSPS) is 11.9. The van der Waals surface area contributed by atoms with Gasteiger partial charge in [0.15, 0.2) is 0 Å². The molecule has 16 heavy (non-hydrogen) atoms. The van der Waals surface area contributed by atoms with E-state index in [1.54, 1.807) is 0 Å². The van der Waals surface area contributed by atoms with Crippen LogP contribution >= 0.6 is 0 Å². The quantitative estimate of drug-likeness (QED) is 0.595. The predicted molar refractivity (Wildman–Crippen MR) is 69.6 cm³/mol. The molecule has 1 aromatic rings. The van der Waals surface area contributed by atoms with Crippen LogP contribution in [0.2, 0.25) is 0 Å². The van der Waals surface area contributed by atoms with Gasteiger partial charge in [0.1, 0.15) is 0 Å². The Morgan fingerprint density at radius 1 is 1.25 bits per heavy atom. The Kier molecular flexibility index (Phi) is 8.77. The zero-order valence-corrected chi connectivity index (χ0v) is 10.7. The van der Waals surface area contributed by atoms with Crippen molar-refractivity contribution in [2.75, 3.05) is 0 Å². The van der Waals surface area contributed by atoms with Crippen molar-refractivity contribution < 1.29 is 0 Å². The van der Waals surface area contributed by atoms with E-state index in [1.165, 1.54) is 18.5 Å². The van der Waals surface area contributed by atoms with E-state index in [0.717, 1.165) is 18.3 Å². The van der Waals surface area contributed by atoms with Crippen LogP contribution in [0.5, 0.6) is 0 Å². The van der Waals surface area contributed by atoms with E-state index >= 15 is 0 Å². The van der Waals surface area contributed by atoms with E-state index in [1.807, 2.05) is 12.3 Å². The average Bonchev–Trinajstić information content (AvgIpc) is 2.33. The summed E-state index contributed by atoms with van der Waals surface area (Å²) in [5.74, 6) is 9.64.